The molecule has 3 nitrogen and oxygen atoms in total. The SMILES string of the molecule is Cc1noc(C)c1Cn1c(C)cc2ccccc21. The maximum Gasteiger partial charge on any atom is 0.138 e. The molecule has 0 saturated heterocycles. The van der Waals surface area contributed by atoms with Crippen molar-refractivity contribution in [3.63, 3.8) is 0 Å². The van der Waals surface area contributed by atoms with E-state index >= 15 is 0 Å². The first kappa shape index (κ1) is 11.1. The lowest BCUT2D eigenvalue weighted by Gasteiger charge is -2.07. The van der Waals surface area contributed by atoms with Crippen LogP contribution in [0.5, 0.6) is 0 Å². The van der Waals surface area contributed by atoms with E-state index in [0.717, 1.165) is 18.0 Å². The molecular formula is C15H16N2O. The van der Waals surface area contributed by atoms with Gasteiger partial charge in [-0.15, -0.1) is 0 Å². The Labute approximate surface area is 106 Å². The number of para-hydroxylation sites is 1. The zero-order valence-corrected chi connectivity index (χ0v) is 10.9. The fraction of sp³-hybridized carbons (Fsp3) is 0.267. The third-order valence-electron chi connectivity index (χ3n) is 3.52. The summed E-state index contributed by atoms with van der Waals surface area (Å²) in [5.41, 5.74) is 4.68. The second-order valence-electron chi connectivity index (χ2n) is 4.73. The highest BCUT2D eigenvalue weighted by atomic mass is 16.5. The smallest absolute Gasteiger partial charge is 0.138 e. The molecule has 0 atom stereocenters. The number of nitrogens with zero attached hydrogens (tertiary/aromatic N) is 2. The molecule has 0 aliphatic rings. The maximum absolute atomic E-state index is 5.23. The quantitative estimate of drug-likeness (QED) is 0.685. The van der Waals surface area contributed by atoms with Crippen molar-refractivity contribution in [2.75, 3.05) is 0 Å². The molecule has 0 saturated carbocycles. The molecule has 18 heavy (non-hydrogen) atoms. The average Bonchev–Trinajstić information content (AvgIpc) is 2.84. The highest BCUT2D eigenvalue weighted by Crippen LogP contribution is 2.22. The van der Waals surface area contributed by atoms with Crippen molar-refractivity contribution in [1.29, 1.82) is 0 Å². The highest BCUT2D eigenvalue weighted by molar-refractivity contribution is 5.81. The number of hydrogen-bond donors (Lipinski definition) is 0. The molecule has 0 bridgehead atoms. The van der Waals surface area contributed by atoms with Crippen LogP contribution in [-0.2, 0) is 6.54 Å². The zero-order valence-electron chi connectivity index (χ0n) is 10.9. The molecule has 0 spiro atoms. The molecule has 0 fully saturated rings. The second kappa shape index (κ2) is 4.02. The van der Waals surface area contributed by atoms with Crippen LogP contribution in [0.3, 0.4) is 0 Å². The lowest BCUT2D eigenvalue weighted by atomic mass is 10.2. The van der Waals surface area contributed by atoms with Gasteiger partial charge in [0.25, 0.3) is 0 Å². The van der Waals surface area contributed by atoms with Crippen LogP contribution >= 0.6 is 0 Å². The van der Waals surface area contributed by atoms with E-state index in [1.165, 1.54) is 22.2 Å². The van der Waals surface area contributed by atoms with E-state index in [9.17, 15) is 0 Å². The molecule has 3 rings (SSSR count). The summed E-state index contributed by atoms with van der Waals surface area (Å²) in [5.74, 6) is 0.907. The normalized spacial score (nSPS) is 11.3. The van der Waals surface area contributed by atoms with Crippen molar-refractivity contribution in [3.05, 3.63) is 53.0 Å². The zero-order chi connectivity index (χ0) is 12.7. The van der Waals surface area contributed by atoms with E-state index in [0.29, 0.717) is 0 Å². The fourth-order valence-corrected chi connectivity index (χ4v) is 2.44. The molecule has 0 N–H and O–H groups in total. The Morgan fingerprint density at radius 2 is 1.94 bits per heavy atom. The first-order chi connectivity index (χ1) is 8.66. The van der Waals surface area contributed by atoms with Gasteiger partial charge >= 0.3 is 0 Å². The predicted octanol–water partition coefficient (Wildman–Crippen LogP) is 3.60. The number of aromatic nitrogens is 2. The fourth-order valence-electron chi connectivity index (χ4n) is 2.44. The second-order valence-corrected chi connectivity index (χ2v) is 4.73. The van der Waals surface area contributed by atoms with Crippen LogP contribution in [0.25, 0.3) is 10.9 Å². The molecule has 0 aliphatic heterocycles. The van der Waals surface area contributed by atoms with Gasteiger partial charge in [0.05, 0.1) is 12.2 Å². The molecule has 0 unspecified atom stereocenters. The van der Waals surface area contributed by atoms with E-state index in [-0.39, 0.29) is 0 Å². The number of fused-ring (bicyclic) bond motifs is 1. The Morgan fingerprint density at radius 3 is 2.67 bits per heavy atom. The first-order valence-corrected chi connectivity index (χ1v) is 6.13. The van der Waals surface area contributed by atoms with E-state index in [1.54, 1.807) is 0 Å². The monoisotopic (exact) mass is 240 g/mol. The van der Waals surface area contributed by atoms with Crippen LogP contribution in [0.2, 0.25) is 0 Å². The van der Waals surface area contributed by atoms with Gasteiger partial charge < -0.3 is 9.09 Å². The summed E-state index contributed by atoms with van der Waals surface area (Å²) in [5, 5.41) is 5.30. The minimum atomic E-state index is 0.820. The lowest BCUT2D eigenvalue weighted by molar-refractivity contribution is 0.392. The summed E-state index contributed by atoms with van der Waals surface area (Å²) >= 11 is 0. The van der Waals surface area contributed by atoms with Gasteiger partial charge in [-0.2, -0.15) is 0 Å². The van der Waals surface area contributed by atoms with Crippen molar-refractivity contribution >= 4 is 10.9 Å². The van der Waals surface area contributed by atoms with Crippen LogP contribution in [-0.4, -0.2) is 9.72 Å². The Morgan fingerprint density at radius 1 is 1.17 bits per heavy atom. The summed E-state index contributed by atoms with van der Waals surface area (Å²) in [4.78, 5) is 0. The third kappa shape index (κ3) is 1.63. The average molecular weight is 240 g/mol. The summed E-state index contributed by atoms with van der Waals surface area (Å²) in [6, 6.07) is 10.7. The number of rotatable bonds is 2. The Hall–Kier alpha value is -2.03. The summed E-state index contributed by atoms with van der Waals surface area (Å²) in [6.07, 6.45) is 0. The van der Waals surface area contributed by atoms with E-state index in [2.05, 4.69) is 47.0 Å². The molecule has 92 valence electrons. The molecule has 2 heterocycles. The van der Waals surface area contributed by atoms with E-state index in [4.69, 9.17) is 4.52 Å². The van der Waals surface area contributed by atoms with Crippen LogP contribution in [0, 0.1) is 20.8 Å². The van der Waals surface area contributed by atoms with Crippen LogP contribution < -0.4 is 0 Å². The van der Waals surface area contributed by atoms with Gasteiger partial charge in [0.2, 0.25) is 0 Å². The largest absolute Gasteiger partial charge is 0.361 e. The van der Waals surface area contributed by atoms with Crippen molar-refractivity contribution in [1.82, 2.24) is 9.72 Å². The molecule has 1 aromatic carbocycles. The summed E-state index contributed by atoms with van der Waals surface area (Å²) < 4.78 is 7.54. The van der Waals surface area contributed by atoms with Crippen LogP contribution in [0.4, 0.5) is 0 Å². The molecule has 3 heteroatoms. The van der Waals surface area contributed by atoms with Gasteiger partial charge in [-0.3, -0.25) is 0 Å². The van der Waals surface area contributed by atoms with Gasteiger partial charge in [-0.25, -0.2) is 0 Å². The topological polar surface area (TPSA) is 31.0 Å². The molecule has 0 aliphatic carbocycles. The molecular weight excluding hydrogens is 224 g/mol. The molecule has 0 radical (unpaired) electrons. The molecule has 0 amide bonds. The van der Waals surface area contributed by atoms with Crippen molar-refractivity contribution < 1.29 is 4.52 Å². The van der Waals surface area contributed by atoms with Gasteiger partial charge in [0, 0.05) is 16.8 Å². The Balaban J connectivity index is 2.13. The predicted molar refractivity (Wildman–Crippen MR) is 71.8 cm³/mol. The van der Waals surface area contributed by atoms with E-state index < -0.39 is 0 Å². The van der Waals surface area contributed by atoms with E-state index in [1.807, 2.05) is 13.8 Å². The minimum Gasteiger partial charge on any atom is -0.361 e. The van der Waals surface area contributed by atoms with Crippen LogP contribution in [0.15, 0.2) is 34.9 Å². The van der Waals surface area contributed by atoms with Crippen molar-refractivity contribution in [2.24, 2.45) is 0 Å². The molecule has 3 aromatic rings. The third-order valence-corrected chi connectivity index (χ3v) is 3.52. The standard InChI is InChI=1S/C15H16N2O/c1-10-8-13-6-4-5-7-15(13)17(10)9-14-11(2)16-18-12(14)3/h4-8H,9H2,1-3H3. The Kier molecular flexibility index (Phi) is 2.47. The first-order valence-electron chi connectivity index (χ1n) is 6.13. The minimum absolute atomic E-state index is 0.820. The summed E-state index contributed by atoms with van der Waals surface area (Å²) in [6.45, 7) is 6.92. The van der Waals surface area contributed by atoms with Crippen molar-refractivity contribution in [3.8, 4) is 0 Å². The highest BCUT2D eigenvalue weighted by Gasteiger charge is 2.12. The molecule has 2 aromatic heterocycles. The number of hydrogen-bond acceptors (Lipinski definition) is 2. The number of aryl methyl sites for hydroxylation is 3. The van der Waals surface area contributed by atoms with Gasteiger partial charge in [0.15, 0.2) is 0 Å². The Bertz CT molecular complexity index is 687. The van der Waals surface area contributed by atoms with Gasteiger partial charge in [-0.1, -0.05) is 23.4 Å². The number of benzene rings is 1. The van der Waals surface area contributed by atoms with Crippen molar-refractivity contribution in [2.45, 2.75) is 27.3 Å². The maximum atomic E-state index is 5.23. The van der Waals surface area contributed by atoms with Gasteiger partial charge in [-0.05, 0) is 38.3 Å². The van der Waals surface area contributed by atoms with Crippen LogP contribution in [0.1, 0.15) is 22.7 Å². The lowest BCUT2D eigenvalue weighted by Crippen LogP contribution is -2.03. The van der Waals surface area contributed by atoms with Gasteiger partial charge in [0.1, 0.15) is 5.76 Å². The summed E-state index contributed by atoms with van der Waals surface area (Å²) in [7, 11) is 0.